The first-order valence-electron chi connectivity index (χ1n) is 9.21. The summed E-state index contributed by atoms with van der Waals surface area (Å²) in [5, 5.41) is 11.8. The van der Waals surface area contributed by atoms with Gasteiger partial charge in [-0.25, -0.2) is 8.78 Å². The van der Waals surface area contributed by atoms with Gasteiger partial charge in [-0.3, -0.25) is 9.36 Å². The Hall–Kier alpha value is -2.91. The summed E-state index contributed by atoms with van der Waals surface area (Å²) in [6, 6.07) is 9.95. The van der Waals surface area contributed by atoms with Gasteiger partial charge in [-0.05, 0) is 37.3 Å². The van der Waals surface area contributed by atoms with E-state index in [1.165, 1.54) is 6.07 Å². The van der Waals surface area contributed by atoms with Gasteiger partial charge in [0.1, 0.15) is 17.4 Å². The van der Waals surface area contributed by atoms with E-state index < -0.39 is 23.6 Å². The van der Waals surface area contributed by atoms with Crippen LogP contribution in [0.5, 0.6) is 5.75 Å². The summed E-state index contributed by atoms with van der Waals surface area (Å²) < 4.78 is 34.4. The average molecular weight is 465 g/mol. The van der Waals surface area contributed by atoms with Crippen LogP contribution in [-0.4, -0.2) is 26.4 Å². The molecule has 0 spiro atoms. The first kappa shape index (κ1) is 22.8. The molecule has 0 bridgehead atoms. The zero-order valence-corrected chi connectivity index (χ0v) is 18.1. The predicted octanol–water partition coefficient (Wildman–Crippen LogP) is 5.27. The lowest BCUT2D eigenvalue weighted by Gasteiger charge is -2.16. The van der Waals surface area contributed by atoms with Crippen LogP contribution in [-0.2, 0) is 11.3 Å². The number of nitrogens with zero attached hydrogens (tertiary/aromatic N) is 3. The van der Waals surface area contributed by atoms with Crippen molar-refractivity contribution in [3.63, 3.8) is 0 Å². The Balaban J connectivity index is 1.68. The lowest BCUT2D eigenvalue weighted by atomic mass is 10.3. The van der Waals surface area contributed by atoms with Crippen LogP contribution in [0.1, 0.15) is 18.9 Å². The minimum atomic E-state index is -0.845. The standard InChI is InChI=1S/C21H19ClF2N4O2S/c1-3-9-28-20(13(2)30-16-6-4-5-14(22)10-16)26-27-21(28)31-12-19(29)25-18-8-7-15(23)11-17(18)24/h3-8,10-11,13H,1,9,12H2,2H3,(H,25,29). The van der Waals surface area contributed by atoms with Crippen LogP contribution in [0, 0.1) is 11.6 Å². The second-order valence-electron chi connectivity index (χ2n) is 6.42. The minimum Gasteiger partial charge on any atom is -0.483 e. The number of aromatic nitrogens is 3. The van der Waals surface area contributed by atoms with Crippen molar-refractivity contribution in [2.45, 2.75) is 24.7 Å². The number of thioether (sulfide) groups is 1. The second kappa shape index (κ2) is 10.4. The molecule has 1 unspecified atom stereocenters. The number of anilines is 1. The minimum absolute atomic E-state index is 0.0460. The normalized spacial score (nSPS) is 11.7. The lowest BCUT2D eigenvalue weighted by molar-refractivity contribution is -0.113. The number of nitrogens with one attached hydrogen (secondary N) is 1. The summed E-state index contributed by atoms with van der Waals surface area (Å²) >= 11 is 7.12. The number of carbonyl (C=O) groups excluding carboxylic acids is 1. The number of benzene rings is 2. The molecule has 2 aromatic carbocycles. The van der Waals surface area contributed by atoms with Gasteiger partial charge in [0.2, 0.25) is 5.91 Å². The molecule has 162 valence electrons. The number of rotatable bonds is 9. The maximum atomic E-state index is 13.7. The van der Waals surface area contributed by atoms with Gasteiger partial charge in [-0.1, -0.05) is 35.5 Å². The van der Waals surface area contributed by atoms with Crippen LogP contribution in [0.25, 0.3) is 0 Å². The molecule has 3 rings (SSSR count). The van der Waals surface area contributed by atoms with Gasteiger partial charge < -0.3 is 10.1 Å². The van der Waals surface area contributed by atoms with Crippen LogP contribution in [0.3, 0.4) is 0 Å². The molecule has 1 N–H and O–H groups in total. The SMILES string of the molecule is C=CCn1c(SCC(=O)Nc2ccc(F)cc2F)nnc1C(C)Oc1cccc(Cl)c1. The van der Waals surface area contributed by atoms with E-state index in [1.54, 1.807) is 34.9 Å². The number of amides is 1. The van der Waals surface area contributed by atoms with Crippen molar-refractivity contribution < 1.29 is 18.3 Å². The Morgan fingerprint density at radius 1 is 1.32 bits per heavy atom. The Morgan fingerprint density at radius 3 is 2.84 bits per heavy atom. The van der Waals surface area contributed by atoms with Crippen molar-refractivity contribution in [1.82, 2.24) is 14.8 Å². The number of hydrogen-bond donors (Lipinski definition) is 1. The van der Waals surface area contributed by atoms with Crippen molar-refractivity contribution in [2.75, 3.05) is 11.1 Å². The number of carbonyl (C=O) groups is 1. The van der Waals surface area contributed by atoms with Gasteiger partial charge in [0.05, 0.1) is 11.4 Å². The molecule has 0 radical (unpaired) electrons. The zero-order valence-electron chi connectivity index (χ0n) is 16.5. The van der Waals surface area contributed by atoms with E-state index in [9.17, 15) is 13.6 Å². The molecule has 0 fully saturated rings. The van der Waals surface area contributed by atoms with E-state index in [4.69, 9.17) is 16.3 Å². The predicted molar refractivity (Wildman–Crippen MR) is 116 cm³/mol. The summed E-state index contributed by atoms with van der Waals surface area (Å²) in [7, 11) is 0. The number of ether oxygens (including phenoxy) is 1. The molecule has 0 saturated heterocycles. The molecule has 6 nitrogen and oxygen atoms in total. The molecule has 3 aromatic rings. The van der Waals surface area contributed by atoms with Gasteiger partial charge >= 0.3 is 0 Å². The summed E-state index contributed by atoms with van der Waals surface area (Å²) in [4.78, 5) is 12.2. The molecule has 1 aromatic heterocycles. The third kappa shape index (κ3) is 6.05. The van der Waals surface area contributed by atoms with E-state index >= 15 is 0 Å². The van der Waals surface area contributed by atoms with Crippen LogP contribution >= 0.6 is 23.4 Å². The lowest BCUT2D eigenvalue weighted by Crippen LogP contribution is -2.16. The molecule has 10 heteroatoms. The van der Waals surface area contributed by atoms with E-state index in [-0.39, 0.29) is 11.4 Å². The van der Waals surface area contributed by atoms with Crippen LogP contribution in [0.2, 0.25) is 5.02 Å². The van der Waals surface area contributed by atoms with Gasteiger partial charge in [-0.2, -0.15) is 0 Å². The molecule has 0 saturated carbocycles. The smallest absolute Gasteiger partial charge is 0.234 e. The molecule has 1 atom stereocenters. The van der Waals surface area contributed by atoms with Gasteiger partial charge in [-0.15, -0.1) is 16.8 Å². The maximum Gasteiger partial charge on any atom is 0.234 e. The fraction of sp³-hybridized carbons (Fsp3) is 0.190. The number of allylic oxidation sites excluding steroid dienone is 1. The topological polar surface area (TPSA) is 69.0 Å². The van der Waals surface area contributed by atoms with Gasteiger partial charge in [0, 0.05) is 17.6 Å². The molecule has 31 heavy (non-hydrogen) atoms. The van der Waals surface area contributed by atoms with Gasteiger partial charge in [0.15, 0.2) is 17.1 Å². The summed E-state index contributed by atoms with van der Waals surface area (Å²) in [6.45, 7) is 5.97. The third-order valence-electron chi connectivity index (χ3n) is 4.07. The Bertz CT molecular complexity index is 1090. The quantitative estimate of drug-likeness (QED) is 0.345. The average Bonchev–Trinajstić information content (AvgIpc) is 3.12. The number of hydrogen-bond acceptors (Lipinski definition) is 5. The molecule has 0 aliphatic rings. The van der Waals surface area contributed by atoms with Crippen molar-refractivity contribution in [3.8, 4) is 5.75 Å². The fourth-order valence-electron chi connectivity index (χ4n) is 2.71. The highest BCUT2D eigenvalue weighted by Crippen LogP contribution is 2.26. The molecule has 0 aliphatic carbocycles. The zero-order chi connectivity index (χ0) is 22.4. The first-order chi connectivity index (χ1) is 14.9. The third-order valence-corrected chi connectivity index (χ3v) is 5.27. The monoisotopic (exact) mass is 464 g/mol. The molecular weight excluding hydrogens is 446 g/mol. The second-order valence-corrected chi connectivity index (χ2v) is 7.80. The van der Waals surface area contributed by atoms with Crippen LogP contribution in [0.4, 0.5) is 14.5 Å². The van der Waals surface area contributed by atoms with E-state index in [0.29, 0.717) is 34.4 Å². The highest BCUT2D eigenvalue weighted by atomic mass is 35.5. The largest absolute Gasteiger partial charge is 0.483 e. The Labute approximate surface area is 187 Å². The van der Waals surface area contributed by atoms with Crippen LogP contribution in [0.15, 0.2) is 60.3 Å². The summed E-state index contributed by atoms with van der Waals surface area (Å²) in [6.07, 6.45) is 1.24. The van der Waals surface area contributed by atoms with Gasteiger partial charge in [0.25, 0.3) is 0 Å². The molecular formula is C21H19ClF2N4O2S. The number of halogens is 3. The van der Waals surface area contributed by atoms with Crippen molar-refractivity contribution >= 4 is 35.0 Å². The highest BCUT2D eigenvalue weighted by molar-refractivity contribution is 7.99. The molecule has 0 aliphatic heterocycles. The first-order valence-corrected chi connectivity index (χ1v) is 10.6. The van der Waals surface area contributed by atoms with Crippen molar-refractivity contribution in [3.05, 3.63) is 77.6 Å². The van der Waals surface area contributed by atoms with Crippen LogP contribution < -0.4 is 10.1 Å². The Kier molecular flexibility index (Phi) is 7.64. The van der Waals surface area contributed by atoms with E-state index in [0.717, 1.165) is 17.8 Å². The molecule has 1 heterocycles. The summed E-state index contributed by atoms with van der Waals surface area (Å²) in [5.41, 5.74) is -0.0937. The highest BCUT2D eigenvalue weighted by Gasteiger charge is 2.20. The summed E-state index contributed by atoms with van der Waals surface area (Å²) in [5.74, 6) is -0.939. The van der Waals surface area contributed by atoms with E-state index in [1.807, 2.05) is 6.92 Å². The Morgan fingerprint density at radius 2 is 2.13 bits per heavy atom. The molecule has 1 amide bonds. The van der Waals surface area contributed by atoms with Crippen molar-refractivity contribution in [1.29, 1.82) is 0 Å². The van der Waals surface area contributed by atoms with Crippen molar-refractivity contribution in [2.24, 2.45) is 0 Å². The fourth-order valence-corrected chi connectivity index (χ4v) is 3.65. The van der Waals surface area contributed by atoms with E-state index in [2.05, 4.69) is 22.1 Å². The maximum absolute atomic E-state index is 13.7.